The monoisotopic (exact) mass is 283 g/mol. The van der Waals surface area contributed by atoms with Crippen molar-refractivity contribution >= 4 is 29.2 Å². The molecule has 1 aromatic rings. The van der Waals surface area contributed by atoms with Gasteiger partial charge in [0.2, 0.25) is 0 Å². The van der Waals surface area contributed by atoms with Crippen LogP contribution in [0.4, 0.5) is 8.78 Å². The van der Waals surface area contributed by atoms with Crippen molar-refractivity contribution in [3.05, 3.63) is 27.5 Å². The Balaban J connectivity index is 3.02. The minimum Gasteiger partial charge on any atom is -0.466 e. The van der Waals surface area contributed by atoms with Crippen LogP contribution in [0.5, 0.6) is 0 Å². The van der Waals surface area contributed by atoms with E-state index in [0.717, 1.165) is 6.20 Å². The molecule has 3 nitrogen and oxygen atoms in total. The minimum absolute atomic E-state index is 0.0322. The summed E-state index contributed by atoms with van der Waals surface area (Å²) in [6.07, 6.45) is -2.04. The molecule has 17 heavy (non-hydrogen) atoms. The number of esters is 1. The van der Waals surface area contributed by atoms with Gasteiger partial charge in [-0.05, 0) is 6.92 Å². The first-order valence-corrected chi connectivity index (χ1v) is 5.49. The molecule has 1 aromatic heterocycles. The van der Waals surface area contributed by atoms with Crippen molar-refractivity contribution in [2.45, 2.75) is 19.8 Å². The second kappa shape index (κ2) is 6.12. The van der Waals surface area contributed by atoms with Gasteiger partial charge in [-0.3, -0.25) is 9.78 Å². The van der Waals surface area contributed by atoms with Crippen LogP contribution < -0.4 is 0 Å². The van der Waals surface area contributed by atoms with Crippen LogP contribution in [0.3, 0.4) is 0 Å². The Labute approximate surface area is 107 Å². The number of carbonyl (C=O) groups excluding carboxylic acids is 1. The lowest BCUT2D eigenvalue weighted by molar-refractivity contribution is -0.142. The highest BCUT2D eigenvalue weighted by Gasteiger charge is 2.21. The SMILES string of the molecule is CCOC(=O)Cc1ncc(Cl)c(C(F)F)c1Cl. The van der Waals surface area contributed by atoms with Gasteiger partial charge in [-0.1, -0.05) is 23.2 Å². The molecule has 0 saturated carbocycles. The number of ether oxygens (including phenoxy) is 1. The minimum atomic E-state index is -2.82. The predicted octanol–water partition coefficient (Wildman–Crippen LogP) is 3.43. The number of alkyl halides is 2. The van der Waals surface area contributed by atoms with Gasteiger partial charge in [0, 0.05) is 6.20 Å². The number of aromatic nitrogens is 1. The number of nitrogens with zero attached hydrogens (tertiary/aromatic N) is 1. The fourth-order valence-electron chi connectivity index (χ4n) is 1.19. The summed E-state index contributed by atoms with van der Waals surface area (Å²) in [6, 6.07) is 0. The Morgan fingerprint density at radius 2 is 2.18 bits per heavy atom. The van der Waals surface area contributed by atoms with Crippen LogP contribution in [-0.2, 0) is 16.0 Å². The van der Waals surface area contributed by atoms with Gasteiger partial charge < -0.3 is 4.74 Å². The summed E-state index contributed by atoms with van der Waals surface area (Å²) in [6.45, 7) is 1.84. The fourth-order valence-corrected chi connectivity index (χ4v) is 1.77. The Bertz CT molecular complexity index is 427. The van der Waals surface area contributed by atoms with Crippen LogP contribution >= 0.6 is 23.2 Å². The molecule has 0 spiro atoms. The van der Waals surface area contributed by atoms with E-state index in [1.165, 1.54) is 0 Å². The van der Waals surface area contributed by atoms with E-state index in [9.17, 15) is 13.6 Å². The molecule has 0 N–H and O–H groups in total. The van der Waals surface area contributed by atoms with Gasteiger partial charge in [0.1, 0.15) is 0 Å². The standard InChI is InChI=1S/C10H9Cl2F2NO2/c1-2-17-7(16)3-6-9(12)8(10(13)14)5(11)4-15-6/h4,10H,2-3H2,1H3. The number of hydrogen-bond donors (Lipinski definition) is 0. The van der Waals surface area contributed by atoms with Gasteiger partial charge in [0.05, 0.1) is 34.3 Å². The molecular formula is C10H9Cl2F2NO2. The lowest BCUT2D eigenvalue weighted by atomic mass is 10.2. The molecule has 0 unspecified atom stereocenters. The van der Waals surface area contributed by atoms with Crippen molar-refractivity contribution in [1.29, 1.82) is 0 Å². The molecule has 1 heterocycles. The molecule has 7 heteroatoms. The maximum Gasteiger partial charge on any atom is 0.311 e. The number of carbonyl (C=O) groups is 1. The molecular weight excluding hydrogens is 275 g/mol. The first kappa shape index (κ1) is 14.1. The lowest BCUT2D eigenvalue weighted by Crippen LogP contribution is -2.10. The van der Waals surface area contributed by atoms with Crippen molar-refractivity contribution in [2.75, 3.05) is 6.61 Å². The van der Waals surface area contributed by atoms with E-state index in [4.69, 9.17) is 23.2 Å². The van der Waals surface area contributed by atoms with E-state index in [2.05, 4.69) is 9.72 Å². The van der Waals surface area contributed by atoms with E-state index in [1.807, 2.05) is 0 Å². The molecule has 0 aliphatic carbocycles. The summed E-state index contributed by atoms with van der Waals surface area (Å²) >= 11 is 11.3. The third-order valence-corrected chi connectivity index (χ3v) is 2.64. The lowest BCUT2D eigenvalue weighted by Gasteiger charge is -2.09. The van der Waals surface area contributed by atoms with Gasteiger partial charge >= 0.3 is 5.97 Å². The van der Waals surface area contributed by atoms with Crippen LogP contribution in [-0.4, -0.2) is 17.6 Å². The van der Waals surface area contributed by atoms with Crippen LogP contribution in [0, 0.1) is 0 Å². The normalized spacial score (nSPS) is 10.7. The third-order valence-electron chi connectivity index (χ3n) is 1.92. The molecule has 1 rings (SSSR count). The van der Waals surface area contributed by atoms with E-state index in [0.29, 0.717) is 0 Å². The number of rotatable bonds is 4. The molecule has 94 valence electrons. The van der Waals surface area contributed by atoms with E-state index < -0.39 is 18.0 Å². The van der Waals surface area contributed by atoms with Gasteiger partial charge in [0.15, 0.2) is 0 Å². The zero-order chi connectivity index (χ0) is 13.0. The molecule has 0 saturated heterocycles. The molecule has 0 atom stereocenters. The molecule has 0 bridgehead atoms. The largest absolute Gasteiger partial charge is 0.466 e. The topological polar surface area (TPSA) is 39.2 Å². The summed E-state index contributed by atoms with van der Waals surface area (Å²) in [4.78, 5) is 14.9. The Hall–Kier alpha value is -0.940. The fraction of sp³-hybridized carbons (Fsp3) is 0.400. The maximum atomic E-state index is 12.6. The molecule has 0 aromatic carbocycles. The van der Waals surface area contributed by atoms with Crippen LogP contribution in [0.25, 0.3) is 0 Å². The smallest absolute Gasteiger partial charge is 0.311 e. The van der Waals surface area contributed by atoms with E-state index >= 15 is 0 Å². The number of pyridine rings is 1. The van der Waals surface area contributed by atoms with Crippen LogP contribution in [0.15, 0.2) is 6.20 Å². The van der Waals surface area contributed by atoms with E-state index in [-0.39, 0.29) is 28.8 Å². The van der Waals surface area contributed by atoms with Gasteiger partial charge in [0.25, 0.3) is 6.43 Å². The second-order valence-electron chi connectivity index (χ2n) is 3.06. The molecule has 0 amide bonds. The summed E-state index contributed by atoms with van der Waals surface area (Å²) in [5, 5.41) is -0.516. The van der Waals surface area contributed by atoms with Crippen molar-refractivity contribution in [1.82, 2.24) is 4.98 Å². The summed E-state index contributed by atoms with van der Waals surface area (Å²) < 4.78 is 30.0. The third kappa shape index (κ3) is 3.51. The van der Waals surface area contributed by atoms with Gasteiger partial charge in [-0.25, -0.2) is 8.78 Å². The summed E-state index contributed by atoms with van der Waals surface area (Å²) in [5.74, 6) is -0.579. The van der Waals surface area contributed by atoms with Crippen LogP contribution in [0.1, 0.15) is 24.6 Å². The summed E-state index contributed by atoms with van der Waals surface area (Å²) in [5.41, 5.74) is -0.479. The number of halogens is 4. The van der Waals surface area contributed by atoms with E-state index in [1.54, 1.807) is 6.92 Å². The molecule has 0 aliphatic rings. The quantitative estimate of drug-likeness (QED) is 0.795. The zero-order valence-electron chi connectivity index (χ0n) is 8.84. The average Bonchev–Trinajstić information content (AvgIpc) is 2.22. The zero-order valence-corrected chi connectivity index (χ0v) is 10.4. The average molecular weight is 284 g/mol. The van der Waals surface area contributed by atoms with Gasteiger partial charge in [-0.2, -0.15) is 0 Å². The number of hydrogen-bond acceptors (Lipinski definition) is 3. The predicted molar refractivity (Wildman–Crippen MR) is 59.6 cm³/mol. The Morgan fingerprint density at radius 1 is 1.53 bits per heavy atom. The first-order valence-electron chi connectivity index (χ1n) is 4.73. The summed E-state index contributed by atoms with van der Waals surface area (Å²) in [7, 11) is 0. The van der Waals surface area contributed by atoms with Crippen LogP contribution in [0.2, 0.25) is 10.0 Å². The van der Waals surface area contributed by atoms with Crippen molar-refractivity contribution in [3.8, 4) is 0 Å². The molecule has 0 radical (unpaired) electrons. The second-order valence-corrected chi connectivity index (χ2v) is 3.85. The first-order chi connectivity index (χ1) is 7.97. The highest BCUT2D eigenvalue weighted by atomic mass is 35.5. The Kier molecular flexibility index (Phi) is 5.08. The Morgan fingerprint density at radius 3 is 2.71 bits per heavy atom. The molecule has 0 aliphatic heterocycles. The maximum absolute atomic E-state index is 12.6. The highest BCUT2D eigenvalue weighted by Crippen LogP contribution is 2.34. The van der Waals surface area contributed by atoms with Crippen molar-refractivity contribution < 1.29 is 18.3 Å². The van der Waals surface area contributed by atoms with Gasteiger partial charge in [-0.15, -0.1) is 0 Å². The van der Waals surface area contributed by atoms with Crippen molar-refractivity contribution in [2.24, 2.45) is 0 Å². The van der Waals surface area contributed by atoms with Crippen molar-refractivity contribution in [3.63, 3.8) is 0 Å². The highest BCUT2D eigenvalue weighted by molar-refractivity contribution is 6.36. The molecule has 0 fully saturated rings.